The summed E-state index contributed by atoms with van der Waals surface area (Å²) < 4.78 is 0. The van der Waals surface area contributed by atoms with Crippen LogP contribution >= 0.6 is 11.3 Å². The molecule has 1 N–H and O–H groups in total. The summed E-state index contributed by atoms with van der Waals surface area (Å²) in [7, 11) is 0. The minimum absolute atomic E-state index is 0.0437. The molecule has 1 fully saturated rings. The number of likely N-dealkylation sites (tertiary alicyclic amines) is 1. The van der Waals surface area contributed by atoms with Crippen LogP contribution in [0.2, 0.25) is 0 Å². The molecule has 1 amide bonds. The number of thiophene rings is 1. The third-order valence-electron chi connectivity index (χ3n) is 4.47. The summed E-state index contributed by atoms with van der Waals surface area (Å²) >= 11 is 1.78. The van der Waals surface area contributed by atoms with Crippen LogP contribution in [-0.4, -0.2) is 35.1 Å². The molecule has 0 aromatic carbocycles. The lowest BCUT2D eigenvalue weighted by atomic mass is 9.85. The smallest absolute Gasteiger partial charge is 0.230 e. The fourth-order valence-electron chi connectivity index (χ4n) is 3.42. The number of fused-ring (bicyclic) bond motifs is 1. The summed E-state index contributed by atoms with van der Waals surface area (Å²) in [6.45, 7) is 0.926. The van der Waals surface area contributed by atoms with Gasteiger partial charge in [-0.2, -0.15) is 0 Å². The Morgan fingerprint density at radius 3 is 3.11 bits per heavy atom. The molecule has 4 heteroatoms. The van der Waals surface area contributed by atoms with Gasteiger partial charge < -0.3 is 10.0 Å². The van der Waals surface area contributed by atoms with Crippen LogP contribution in [0.1, 0.15) is 48.5 Å². The third kappa shape index (κ3) is 2.43. The van der Waals surface area contributed by atoms with Crippen molar-refractivity contribution in [3.8, 4) is 0 Å². The van der Waals surface area contributed by atoms with Crippen LogP contribution in [0.5, 0.6) is 0 Å². The maximum absolute atomic E-state index is 12.8. The molecule has 1 aromatic rings. The highest BCUT2D eigenvalue weighted by atomic mass is 32.1. The minimum atomic E-state index is 0.0437. The Morgan fingerprint density at radius 1 is 1.37 bits per heavy atom. The van der Waals surface area contributed by atoms with E-state index in [-0.39, 0.29) is 24.5 Å². The summed E-state index contributed by atoms with van der Waals surface area (Å²) in [6, 6.07) is 2.17. The number of hydrogen-bond donors (Lipinski definition) is 1. The molecule has 1 aromatic heterocycles. The van der Waals surface area contributed by atoms with Gasteiger partial charge in [0.05, 0.1) is 18.6 Å². The second-order valence-electron chi connectivity index (χ2n) is 5.61. The maximum atomic E-state index is 12.8. The van der Waals surface area contributed by atoms with E-state index in [0.717, 1.165) is 45.1 Å². The molecule has 3 nitrogen and oxygen atoms in total. The standard InChI is InChI=1S/C15H21NO2S/c17-10-11-4-1-2-8-16(11)15(18)13-5-3-6-14-12(13)7-9-19-14/h7,9,11,13,17H,1-6,8,10H2. The topological polar surface area (TPSA) is 40.5 Å². The summed E-state index contributed by atoms with van der Waals surface area (Å²) in [4.78, 5) is 16.1. The first kappa shape index (κ1) is 13.1. The number of hydrogen-bond acceptors (Lipinski definition) is 3. The van der Waals surface area contributed by atoms with Crippen LogP contribution in [0.3, 0.4) is 0 Å². The summed E-state index contributed by atoms with van der Waals surface area (Å²) in [5, 5.41) is 11.6. The average molecular weight is 279 g/mol. The molecule has 2 aliphatic rings. The van der Waals surface area contributed by atoms with Crippen LogP contribution < -0.4 is 0 Å². The normalized spacial score (nSPS) is 27.1. The predicted molar refractivity (Wildman–Crippen MR) is 76.4 cm³/mol. The van der Waals surface area contributed by atoms with E-state index in [4.69, 9.17) is 0 Å². The molecule has 19 heavy (non-hydrogen) atoms. The molecule has 1 aliphatic carbocycles. The molecule has 0 bridgehead atoms. The van der Waals surface area contributed by atoms with Gasteiger partial charge in [-0.25, -0.2) is 0 Å². The highest BCUT2D eigenvalue weighted by molar-refractivity contribution is 7.10. The van der Waals surface area contributed by atoms with Crippen LogP contribution in [0.25, 0.3) is 0 Å². The molecule has 0 saturated carbocycles. The zero-order valence-corrected chi connectivity index (χ0v) is 12.0. The lowest BCUT2D eigenvalue weighted by Crippen LogP contribution is -2.47. The van der Waals surface area contributed by atoms with Crippen molar-refractivity contribution in [2.45, 2.75) is 50.5 Å². The van der Waals surface area contributed by atoms with Gasteiger partial charge in [0, 0.05) is 11.4 Å². The number of nitrogens with zero attached hydrogens (tertiary/aromatic N) is 1. The summed E-state index contributed by atoms with van der Waals surface area (Å²) in [5.74, 6) is 0.292. The number of aryl methyl sites for hydroxylation is 1. The van der Waals surface area contributed by atoms with Crippen molar-refractivity contribution in [3.63, 3.8) is 0 Å². The highest BCUT2D eigenvalue weighted by Gasteiger charge is 2.34. The monoisotopic (exact) mass is 279 g/mol. The molecule has 0 spiro atoms. The second kappa shape index (κ2) is 5.63. The fraction of sp³-hybridized carbons (Fsp3) is 0.667. The van der Waals surface area contributed by atoms with Gasteiger partial charge in [-0.3, -0.25) is 4.79 Å². The third-order valence-corrected chi connectivity index (χ3v) is 5.47. The highest BCUT2D eigenvalue weighted by Crippen LogP contribution is 2.37. The zero-order chi connectivity index (χ0) is 13.2. The molecule has 104 valence electrons. The van der Waals surface area contributed by atoms with Crippen molar-refractivity contribution < 1.29 is 9.90 Å². The lowest BCUT2D eigenvalue weighted by Gasteiger charge is -2.37. The van der Waals surface area contributed by atoms with Gasteiger partial charge in [0.25, 0.3) is 0 Å². The fourth-order valence-corrected chi connectivity index (χ4v) is 4.41. The van der Waals surface area contributed by atoms with Gasteiger partial charge in [0.15, 0.2) is 0 Å². The average Bonchev–Trinajstić information content (AvgIpc) is 2.94. The molecule has 0 radical (unpaired) electrons. The number of aliphatic hydroxyl groups is 1. The second-order valence-corrected chi connectivity index (χ2v) is 6.61. The van der Waals surface area contributed by atoms with E-state index in [1.165, 1.54) is 10.4 Å². The number of piperidine rings is 1. The van der Waals surface area contributed by atoms with Crippen molar-refractivity contribution in [1.82, 2.24) is 4.90 Å². The maximum Gasteiger partial charge on any atom is 0.230 e. The van der Waals surface area contributed by atoms with Crippen LogP contribution in [0.15, 0.2) is 11.4 Å². The Labute approximate surface area is 118 Å². The van der Waals surface area contributed by atoms with E-state index in [1.807, 2.05) is 4.90 Å². The molecular weight excluding hydrogens is 258 g/mol. The van der Waals surface area contributed by atoms with Gasteiger partial charge >= 0.3 is 0 Å². The number of carbonyl (C=O) groups is 1. The van der Waals surface area contributed by atoms with Crippen molar-refractivity contribution in [2.75, 3.05) is 13.2 Å². The summed E-state index contributed by atoms with van der Waals surface area (Å²) in [5.41, 5.74) is 1.25. The van der Waals surface area contributed by atoms with Crippen LogP contribution in [0, 0.1) is 0 Å². The number of aliphatic hydroxyl groups excluding tert-OH is 1. The Balaban J connectivity index is 1.81. The largest absolute Gasteiger partial charge is 0.394 e. The van der Waals surface area contributed by atoms with Gasteiger partial charge in [-0.15, -0.1) is 11.3 Å². The van der Waals surface area contributed by atoms with E-state index in [9.17, 15) is 9.90 Å². The van der Waals surface area contributed by atoms with E-state index in [1.54, 1.807) is 11.3 Å². The molecular formula is C15H21NO2S. The van der Waals surface area contributed by atoms with Crippen molar-refractivity contribution in [1.29, 1.82) is 0 Å². The van der Waals surface area contributed by atoms with E-state index in [0.29, 0.717) is 0 Å². The van der Waals surface area contributed by atoms with Crippen molar-refractivity contribution >= 4 is 17.2 Å². The Hall–Kier alpha value is -0.870. The Morgan fingerprint density at radius 2 is 2.26 bits per heavy atom. The van der Waals surface area contributed by atoms with Crippen LogP contribution in [-0.2, 0) is 11.2 Å². The zero-order valence-electron chi connectivity index (χ0n) is 11.2. The number of rotatable bonds is 2. The van der Waals surface area contributed by atoms with Gasteiger partial charge in [0.2, 0.25) is 5.91 Å². The molecule has 1 saturated heterocycles. The lowest BCUT2D eigenvalue weighted by molar-refractivity contribution is -0.138. The van der Waals surface area contributed by atoms with E-state index >= 15 is 0 Å². The van der Waals surface area contributed by atoms with E-state index < -0.39 is 0 Å². The van der Waals surface area contributed by atoms with Gasteiger partial charge in [-0.1, -0.05) is 0 Å². The molecule has 3 rings (SSSR count). The number of amides is 1. The molecule has 2 atom stereocenters. The Kier molecular flexibility index (Phi) is 3.89. The predicted octanol–water partition coefficient (Wildman–Crippen LogP) is 2.54. The minimum Gasteiger partial charge on any atom is -0.394 e. The van der Waals surface area contributed by atoms with Gasteiger partial charge in [0.1, 0.15) is 0 Å². The molecule has 2 unspecified atom stereocenters. The van der Waals surface area contributed by atoms with Crippen LogP contribution in [0.4, 0.5) is 0 Å². The molecule has 2 heterocycles. The first-order valence-electron chi connectivity index (χ1n) is 7.29. The number of carbonyl (C=O) groups excluding carboxylic acids is 1. The quantitative estimate of drug-likeness (QED) is 0.904. The van der Waals surface area contributed by atoms with E-state index in [2.05, 4.69) is 11.4 Å². The van der Waals surface area contributed by atoms with Crippen molar-refractivity contribution in [2.24, 2.45) is 0 Å². The SMILES string of the molecule is O=C(C1CCCc2sccc21)N1CCCCC1CO. The Bertz CT molecular complexity index is 457. The molecule has 1 aliphatic heterocycles. The van der Waals surface area contributed by atoms with Crippen molar-refractivity contribution in [3.05, 3.63) is 21.9 Å². The first-order valence-corrected chi connectivity index (χ1v) is 8.17. The van der Waals surface area contributed by atoms with Gasteiger partial charge in [-0.05, 0) is 55.5 Å². The summed E-state index contributed by atoms with van der Waals surface area (Å²) in [6.07, 6.45) is 6.36. The first-order chi connectivity index (χ1) is 9.31.